The predicted molar refractivity (Wildman–Crippen MR) is 86.8 cm³/mol. The lowest BCUT2D eigenvalue weighted by Crippen LogP contribution is -2.27. The van der Waals surface area contributed by atoms with Gasteiger partial charge in [0.15, 0.2) is 0 Å². The summed E-state index contributed by atoms with van der Waals surface area (Å²) >= 11 is 0. The van der Waals surface area contributed by atoms with Gasteiger partial charge >= 0.3 is 0 Å². The molecule has 2 saturated carbocycles. The standard InChI is InChI=1S/C19H26O2/c1-18(2)14-6-7-19(18,3)15(11-14)8-13-9-16(20-4)12-17(10-13)21-5/h8-10,12,14H,6-7,11H2,1-5H3/b15-8+/t14-,19+/m1/s1. The average molecular weight is 286 g/mol. The van der Waals surface area contributed by atoms with Crippen LogP contribution in [-0.2, 0) is 0 Å². The molecule has 0 heterocycles. The summed E-state index contributed by atoms with van der Waals surface area (Å²) in [4.78, 5) is 0. The van der Waals surface area contributed by atoms with E-state index in [1.165, 1.54) is 24.8 Å². The van der Waals surface area contributed by atoms with Crippen LogP contribution in [-0.4, -0.2) is 14.2 Å². The normalized spacial score (nSPS) is 31.7. The molecular formula is C19H26O2. The fourth-order valence-corrected chi connectivity index (χ4v) is 4.35. The summed E-state index contributed by atoms with van der Waals surface area (Å²) in [6.07, 6.45) is 6.30. The number of benzene rings is 1. The fraction of sp³-hybridized carbons (Fsp3) is 0.579. The quantitative estimate of drug-likeness (QED) is 0.784. The lowest BCUT2D eigenvalue weighted by atomic mass is 9.69. The Morgan fingerprint density at radius 3 is 2.10 bits per heavy atom. The zero-order valence-corrected chi connectivity index (χ0v) is 13.8. The molecule has 2 bridgehead atoms. The molecule has 0 amide bonds. The van der Waals surface area contributed by atoms with Gasteiger partial charge in [0.1, 0.15) is 11.5 Å². The lowest BCUT2D eigenvalue weighted by molar-refractivity contribution is 0.180. The van der Waals surface area contributed by atoms with Crippen LogP contribution in [0.5, 0.6) is 11.5 Å². The molecule has 2 fully saturated rings. The van der Waals surface area contributed by atoms with Gasteiger partial charge < -0.3 is 9.47 Å². The molecule has 3 rings (SSSR count). The molecule has 0 N–H and O–H groups in total. The molecule has 2 nitrogen and oxygen atoms in total. The Labute approximate surface area is 128 Å². The van der Waals surface area contributed by atoms with Crippen LogP contribution >= 0.6 is 0 Å². The number of hydrogen-bond donors (Lipinski definition) is 0. The van der Waals surface area contributed by atoms with E-state index >= 15 is 0 Å². The second-order valence-corrected chi connectivity index (χ2v) is 7.31. The van der Waals surface area contributed by atoms with E-state index in [-0.39, 0.29) is 0 Å². The van der Waals surface area contributed by atoms with Crippen molar-refractivity contribution < 1.29 is 9.47 Å². The highest BCUT2D eigenvalue weighted by molar-refractivity contribution is 5.60. The second kappa shape index (κ2) is 4.79. The van der Waals surface area contributed by atoms with E-state index in [0.29, 0.717) is 10.8 Å². The Morgan fingerprint density at radius 2 is 1.67 bits per heavy atom. The first-order valence-corrected chi connectivity index (χ1v) is 7.85. The Morgan fingerprint density at radius 1 is 1.05 bits per heavy atom. The van der Waals surface area contributed by atoms with Crippen LogP contribution in [0.2, 0.25) is 0 Å². The largest absolute Gasteiger partial charge is 0.497 e. The molecule has 0 aromatic heterocycles. The van der Waals surface area contributed by atoms with Crippen molar-refractivity contribution >= 4 is 6.08 Å². The molecule has 2 aliphatic carbocycles. The average Bonchev–Trinajstić information content (AvgIpc) is 2.80. The van der Waals surface area contributed by atoms with E-state index in [1.54, 1.807) is 19.8 Å². The van der Waals surface area contributed by atoms with E-state index in [4.69, 9.17) is 9.47 Å². The SMILES string of the molecule is COc1cc(/C=C2\C[C@H]3CC[C@]2(C)C3(C)C)cc(OC)c1. The van der Waals surface area contributed by atoms with Crippen molar-refractivity contribution in [1.82, 2.24) is 0 Å². The van der Waals surface area contributed by atoms with Crippen LogP contribution < -0.4 is 9.47 Å². The Hall–Kier alpha value is -1.44. The molecule has 2 atom stereocenters. The third-order valence-electron chi connectivity index (χ3n) is 6.33. The molecule has 1 aromatic carbocycles. The molecule has 114 valence electrons. The first-order chi connectivity index (χ1) is 9.90. The van der Waals surface area contributed by atoms with E-state index in [1.807, 2.05) is 6.07 Å². The highest BCUT2D eigenvalue weighted by Gasteiger charge is 2.58. The van der Waals surface area contributed by atoms with E-state index in [9.17, 15) is 0 Å². The summed E-state index contributed by atoms with van der Waals surface area (Å²) in [6.45, 7) is 7.33. The molecule has 0 radical (unpaired) electrons. The van der Waals surface area contributed by atoms with Crippen LogP contribution in [0.25, 0.3) is 6.08 Å². The second-order valence-electron chi connectivity index (χ2n) is 7.31. The van der Waals surface area contributed by atoms with Crippen molar-refractivity contribution in [2.75, 3.05) is 14.2 Å². The van der Waals surface area contributed by atoms with Crippen molar-refractivity contribution in [3.63, 3.8) is 0 Å². The smallest absolute Gasteiger partial charge is 0.123 e. The third kappa shape index (κ3) is 2.07. The molecule has 0 spiro atoms. The zero-order valence-electron chi connectivity index (χ0n) is 13.8. The Kier molecular flexibility index (Phi) is 3.31. The number of methoxy groups -OCH3 is 2. The third-order valence-corrected chi connectivity index (χ3v) is 6.33. The highest BCUT2D eigenvalue weighted by Crippen LogP contribution is 2.68. The molecule has 0 unspecified atom stereocenters. The summed E-state index contributed by atoms with van der Waals surface area (Å²) in [5.74, 6) is 2.55. The van der Waals surface area contributed by atoms with Gasteiger partial charge in [-0.1, -0.05) is 32.4 Å². The topological polar surface area (TPSA) is 18.5 Å². The van der Waals surface area contributed by atoms with Crippen LogP contribution in [0, 0.1) is 16.7 Å². The van der Waals surface area contributed by atoms with Gasteiger partial charge in [0, 0.05) is 6.07 Å². The van der Waals surface area contributed by atoms with Gasteiger partial charge in [0.25, 0.3) is 0 Å². The maximum absolute atomic E-state index is 5.38. The minimum Gasteiger partial charge on any atom is -0.497 e. The molecular weight excluding hydrogens is 260 g/mol. The van der Waals surface area contributed by atoms with Crippen LogP contribution in [0.4, 0.5) is 0 Å². The molecule has 0 aliphatic heterocycles. The number of fused-ring (bicyclic) bond motifs is 2. The fourth-order valence-electron chi connectivity index (χ4n) is 4.35. The van der Waals surface area contributed by atoms with Gasteiger partial charge in [-0.2, -0.15) is 0 Å². The van der Waals surface area contributed by atoms with E-state index in [2.05, 4.69) is 39.0 Å². The molecule has 21 heavy (non-hydrogen) atoms. The Bertz CT molecular complexity index is 563. The van der Waals surface area contributed by atoms with Crippen molar-refractivity contribution in [1.29, 1.82) is 0 Å². The first kappa shape index (κ1) is 14.5. The predicted octanol–water partition coefficient (Wildman–Crippen LogP) is 4.93. The number of rotatable bonds is 3. The van der Waals surface area contributed by atoms with Gasteiger partial charge in [-0.05, 0) is 53.7 Å². The molecule has 2 aliphatic rings. The summed E-state index contributed by atoms with van der Waals surface area (Å²) in [5, 5.41) is 0. The van der Waals surface area contributed by atoms with Crippen molar-refractivity contribution in [2.45, 2.75) is 40.0 Å². The number of allylic oxidation sites excluding steroid dienone is 1. The van der Waals surface area contributed by atoms with Gasteiger partial charge in [0.05, 0.1) is 14.2 Å². The van der Waals surface area contributed by atoms with Crippen LogP contribution in [0.3, 0.4) is 0 Å². The minimum absolute atomic E-state index is 0.341. The minimum atomic E-state index is 0.341. The maximum atomic E-state index is 5.38. The maximum Gasteiger partial charge on any atom is 0.123 e. The lowest BCUT2D eigenvalue weighted by Gasteiger charge is -2.35. The van der Waals surface area contributed by atoms with Gasteiger partial charge in [0.2, 0.25) is 0 Å². The van der Waals surface area contributed by atoms with E-state index in [0.717, 1.165) is 17.4 Å². The van der Waals surface area contributed by atoms with Gasteiger partial charge in [-0.15, -0.1) is 0 Å². The van der Waals surface area contributed by atoms with Crippen molar-refractivity contribution in [2.24, 2.45) is 16.7 Å². The van der Waals surface area contributed by atoms with E-state index < -0.39 is 0 Å². The van der Waals surface area contributed by atoms with Crippen LogP contribution in [0.15, 0.2) is 23.8 Å². The zero-order chi connectivity index (χ0) is 15.3. The summed E-state index contributed by atoms with van der Waals surface area (Å²) in [7, 11) is 3.40. The highest BCUT2D eigenvalue weighted by atomic mass is 16.5. The molecule has 0 saturated heterocycles. The number of hydrogen-bond acceptors (Lipinski definition) is 2. The van der Waals surface area contributed by atoms with Gasteiger partial charge in [-0.25, -0.2) is 0 Å². The summed E-state index contributed by atoms with van der Waals surface area (Å²) in [5.41, 5.74) is 3.54. The Balaban J connectivity index is 2.00. The summed E-state index contributed by atoms with van der Waals surface area (Å²) in [6, 6.07) is 6.12. The van der Waals surface area contributed by atoms with Crippen LogP contribution in [0.1, 0.15) is 45.6 Å². The monoisotopic (exact) mass is 286 g/mol. The molecule has 1 aromatic rings. The number of ether oxygens (including phenoxy) is 2. The first-order valence-electron chi connectivity index (χ1n) is 7.85. The van der Waals surface area contributed by atoms with Crippen molar-refractivity contribution in [3.05, 3.63) is 29.3 Å². The van der Waals surface area contributed by atoms with Gasteiger partial charge in [-0.3, -0.25) is 0 Å². The summed E-state index contributed by atoms with van der Waals surface area (Å²) < 4.78 is 10.8. The molecule has 2 heteroatoms. The van der Waals surface area contributed by atoms with Crippen molar-refractivity contribution in [3.8, 4) is 11.5 Å².